The number of carbonyl (C=O) groups is 1. The number of benzene rings is 2. The Bertz CT molecular complexity index is 898. The van der Waals surface area contributed by atoms with Gasteiger partial charge in [-0.25, -0.2) is 0 Å². The van der Waals surface area contributed by atoms with E-state index in [2.05, 4.69) is 10.2 Å². The molecule has 0 atom stereocenters. The Morgan fingerprint density at radius 3 is 2.66 bits per heavy atom. The third-order valence-corrected chi connectivity index (χ3v) is 4.81. The number of amidine groups is 1. The lowest BCUT2D eigenvalue weighted by atomic mass is 10.0. The Morgan fingerprint density at radius 2 is 1.93 bits per heavy atom. The number of aliphatic hydroxyl groups excluding tert-OH is 1. The van der Waals surface area contributed by atoms with Crippen molar-refractivity contribution in [2.45, 2.75) is 20.3 Å². The lowest BCUT2D eigenvalue weighted by Gasteiger charge is -2.18. The van der Waals surface area contributed by atoms with Gasteiger partial charge in [0.1, 0.15) is 5.84 Å². The van der Waals surface area contributed by atoms with Crippen LogP contribution in [0, 0.1) is 5.41 Å². The normalized spacial score (nSPS) is 12.4. The highest BCUT2D eigenvalue weighted by Crippen LogP contribution is 2.31. The SMILES string of the molecule is CCOc1ccc(C(=O)NC(=N)c2cccc3c2CCN3CCO)cc1OCC. The number of nitrogens with one attached hydrogen (secondary N) is 2. The number of nitrogens with zero attached hydrogens (tertiary/aromatic N) is 1. The monoisotopic (exact) mass is 397 g/mol. The van der Waals surface area contributed by atoms with Crippen LogP contribution in [-0.4, -0.2) is 49.8 Å². The molecular weight excluding hydrogens is 370 g/mol. The Balaban J connectivity index is 1.78. The molecule has 1 aliphatic heterocycles. The predicted molar refractivity (Wildman–Crippen MR) is 113 cm³/mol. The van der Waals surface area contributed by atoms with E-state index in [0.29, 0.717) is 42.4 Å². The highest BCUT2D eigenvalue weighted by Gasteiger charge is 2.23. The number of anilines is 1. The third-order valence-electron chi connectivity index (χ3n) is 4.81. The van der Waals surface area contributed by atoms with E-state index in [4.69, 9.17) is 14.9 Å². The van der Waals surface area contributed by atoms with E-state index in [0.717, 1.165) is 24.2 Å². The van der Waals surface area contributed by atoms with Crippen LogP contribution >= 0.6 is 0 Å². The summed E-state index contributed by atoms with van der Waals surface area (Å²) < 4.78 is 11.1. The van der Waals surface area contributed by atoms with Crippen molar-refractivity contribution in [2.24, 2.45) is 0 Å². The summed E-state index contributed by atoms with van der Waals surface area (Å²) in [7, 11) is 0. The molecule has 2 aromatic carbocycles. The summed E-state index contributed by atoms with van der Waals surface area (Å²) >= 11 is 0. The highest BCUT2D eigenvalue weighted by atomic mass is 16.5. The van der Waals surface area contributed by atoms with Crippen LogP contribution in [0.2, 0.25) is 0 Å². The molecule has 29 heavy (non-hydrogen) atoms. The van der Waals surface area contributed by atoms with Gasteiger partial charge in [0, 0.05) is 29.9 Å². The fourth-order valence-electron chi connectivity index (χ4n) is 3.53. The van der Waals surface area contributed by atoms with Gasteiger partial charge < -0.3 is 24.8 Å². The molecular formula is C22H27N3O4. The number of ether oxygens (including phenoxy) is 2. The molecule has 0 fully saturated rings. The Morgan fingerprint density at radius 1 is 1.17 bits per heavy atom. The second kappa shape index (κ2) is 9.43. The molecule has 0 aliphatic carbocycles. The maximum Gasteiger partial charge on any atom is 0.256 e. The van der Waals surface area contributed by atoms with E-state index in [1.165, 1.54) is 0 Å². The van der Waals surface area contributed by atoms with Gasteiger partial charge in [-0.3, -0.25) is 10.2 Å². The Kier molecular flexibility index (Phi) is 6.72. The van der Waals surface area contributed by atoms with Crippen LogP contribution in [0.1, 0.15) is 35.3 Å². The van der Waals surface area contributed by atoms with Crippen LogP contribution in [0.25, 0.3) is 0 Å². The van der Waals surface area contributed by atoms with Gasteiger partial charge in [-0.1, -0.05) is 12.1 Å². The van der Waals surface area contributed by atoms with Gasteiger partial charge in [-0.05, 0) is 50.1 Å². The first-order valence-electron chi connectivity index (χ1n) is 9.86. The van der Waals surface area contributed by atoms with Crippen LogP contribution in [0.5, 0.6) is 11.5 Å². The predicted octanol–water partition coefficient (Wildman–Crippen LogP) is 2.59. The number of fused-ring (bicyclic) bond motifs is 1. The van der Waals surface area contributed by atoms with Crippen molar-refractivity contribution in [3.05, 3.63) is 53.1 Å². The van der Waals surface area contributed by atoms with Crippen molar-refractivity contribution < 1.29 is 19.4 Å². The first kappa shape index (κ1) is 20.7. The highest BCUT2D eigenvalue weighted by molar-refractivity contribution is 6.12. The van der Waals surface area contributed by atoms with E-state index in [1.807, 2.05) is 32.0 Å². The lowest BCUT2D eigenvalue weighted by molar-refractivity contribution is 0.0976. The van der Waals surface area contributed by atoms with Gasteiger partial charge >= 0.3 is 0 Å². The van der Waals surface area contributed by atoms with Gasteiger partial charge in [0.25, 0.3) is 5.91 Å². The zero-order valence-corrected chi connectivity index (χ0v) is 16.8. The van der Waals surface area contributed by atoms with E-state index in [1.54, 1.807) is 18.2 Å². The minimum absolute atomic E-state index is 0.0598. The van der Waals surface area contributed by atoms with E-state index < -0.39 is 0 Å². The summed E-state index contributed by atoms with van der Waals surface area (Å²) in [6, 6.07) is 10.7. The molecule has 2 aromatic rings. The number of rotatable bonds is 8. The number of amides is 1. The quantitative estimate of drug-likeness (QED) is 0.470. The molecule has 7 nitrogen and oxygen atoms in total. The molecule has 0 saturated carbocycles. The standard InChI is InChI=1S/C22H27N3O4/c1-3-28-19-9-8-15(14-20(19)29-4-2)22(27)24-21(23)17-6-5-7-18-16(17)10-11-25(18)12-13-26/h5-9,14,26H,3-4,10-13H2,1-2H3,(H2,23,24,27). The molecule has 0 aromatic heterocycles. The molecule has 7 heteroatoms. The minimum atomic E-state index is -0.373. The van der Waals surface area contributed by atoms with Crippen LogP contribution in [0.4, 0.5) is 5.69 Å². The summed E-state index contributed by atoms with van der Waals surface area (Å²) in [5.74, 6) is 0.783. The second-order valence-corrected chi connectivity index (χ2v) is 6.62. The lowest BCUT2D eigenvalue weighted by Crippen LogP contribution is -2.31. The first-order valence-corrected chi connectivity index (χ1v) is 9.86. The second-order valence-electron chi connectivity index (χ2n) is 6.62. The maximum absolute atomic E-state index is 12.7. The van der Waals surface area contributed by atoms with Crippen molar-refractivity contribution in [3.63, 3.8) is 0 Å². The number of hydrogen-bond acceptors (Lipinski definition) is 6. The van der Waals surface area contributed by atoms with Gasteiger partial charge in [0.2, 0.25) is 0 Å². The number of carbonyl (C=O) groups excluding carboxylic acids is 1. The smallest absolute Gasteiger partial charge is 0.256 e. The van der Waals surface area contributed by atoms with Crippen molar-refractivity contribution in [3.8, 4) is 11.5 Å². The average molecular weight is 397 g/mol. The number of aliphatic hydroxyl groups is 1. The van der Waals surface area contributed by atoms with E-state index in [9.17, 15) is 9.90 Å². The summed E-state index contributed by atoms with van der Waals surface area (Å²) in [6.07, 6.45) is 0.779. The molecule has 1 heterocycles. The van der Waals surface area contributed by atoms with Gasteiger partial charge in [-0.2, -0.15) is 0 Å². The zero-order valence-electron chi connectivity index (χ0n) is 16.8. The maximum atomic E-state index is 12.7. The molecule has 0 unspecified atom stereocenters. The summed E-state index contributed by atoms with van der Waals surface area (Å²) in [5, 5.41) is 20.4. The molecule has 0 spiro atoms. The molecule has 0 saturated heterocycles. The fraction of sp³-hybridized carbons (Fsp3) is 0.364. The van der Waals surface area contributed by atoms with Crippen LogP contribution < -0.4 is 19.7 Å². The van der Waals surface area contributed by atoms with Crippen molar-refractivity contribution in [1.29, 1.82) is 5.41 Å². The third kappa shape index (κ3) is 4.51. The summed E-state index contributed by atoms with van der Waals surface area (Å²) in [5.41, 5.74) is 3.13. The Hall–Kier alpha value is -3.06. The summed E-state index contributed by atoms with van der Waals surface area (Å²) in [4.78, 5) is 14.8. The molecule has 1 amide bonds. The molecule has 0 bridgehead atoms. The molecule has 3 N–H and O–H groups in total. The average Bonchev–Trinajstić information content (AvgIpc) is 3.13. The van der Waals surface area contributed by atoms with Gasteiger partial charge in [0.05, 0.1) is 19.8 Å². The van der Waals surface area contributed by atoms with Gasteiger partial charge in [-0.15, -0.1) is 0 Å². The molecule has 154 valence electrons. The van der Waals surface area contributed by atoms with Gasteiger partial charge in [0.15, 0.2) is 11.5 Å². The van der Waals surface area contributed by atoms with Crippen LogP contribution in [0.3, 0.4) is 0 Å². The summed E-state index contributed by atoms with van der Waals surface area (Å²) in [6.45, 7) is 6.15. The zero-order chi connectivity index (χ0) is 20.8. The Labute approximate surface area is 170 Å². The molecule has 0 radical (unpaired) electrons. The number of β-amino-alcohol motifs (C(OH)–C–C–N with tert-alkyl or cyclic N) is 1. The molecule has 3 rings (SSSR count). The van der Waals surface area contributed by atoms with Crippen LogP contribution in [0.15, 0.2) is 36.4 Å². The van der Waals surface area contributed by atoms with Crippen LogP contribution in [-0.2, 0) is 6.42 Å². The van der Waals surface area contributed by atoms with Crippen molar-refractivity contribution >= 4 is 17.4 Å². The van der Waals surface area contributed by atoms with E-state index >= 15 is 0 Å². The topological polar surface area (TPSA) is 94.9 Å². The largest absolute Gasteiger partial charge is 0.490 e. The number of hydrogen-bond donors (Lipinski definition) is 3. The minimum Gasteiger partial charge on any atom is -0.490 e. The first-order chi connectivity index (χ1) is 14.1. The molecule has 1 aliphatic rings. The van der Waals surface area contributed by atoms with Crippen molar-refractivity contribution in [2.75, 3.05) is 37.8 Å². The van der Waals surface area contributed by atoms with E-state index in [-0.39, 0.29) is 18.3 Å². The fourth-order valence-corrected chi connectivity index (χ4v) is 3.53. The van der Waals surface area contributed by atoms with Crippen molar-refractivity contribution in [1.82, 2.24) is 5.32 Å².